The van der Waals surface area contributed by atoms with Crippen LogP contribution < -0.4 is 14.8 Å². The molecule has 0 fully saturated rings. The van der Waals surface area contributed by atoms with Crippen molar-refractivity contribution < 1.29 is 18.7 Å². The standard InChI is InChI=1S/C22H25N3O4/c1-15(2)22-23-8-10-25(22)9-7-20(26)24-21(18-4-3-11-27-18)16-5-6-17-19(14-16)29-13-12-28-17/h3-6,8,10-11,14-15,21H,7,9,12-13H2,1-2H3,(H,24,26). The maximum Gasteiger partial charge on any atom is 0.222 e. The van der Waals surface area contributed by atoms with Gasteiger partial charge in [0.05, 0.1) is 6.26 Å². The number of ether oxygens (including phenoxy) is 2. The Morgan fingerprint density at radius 3 is 2.79 bits per heavy atom. The van der Waals surface area contributed by atoms with Gasteiger partial charge in [0.25, 0.3) is 0 Å². The van der Waals surface area contributed by atoms with Crippen molar-refractivity contribution in [1.29, 1.82) is 0 Å². The second-order valence-electron chi connectivity index (χ2n) is 7.30. The van der Waals surface area contributed by atoms with E-state index in [1.807, 2.05) is 41.1 Å². The molecule has 1 unspecified atom stereocenters. The van der Waals surface area contributed by atoms with E-state index in [2.05, 4.69) is 24.1 Å². The summed E-state index contributed by atoms with van der Waals surface area (Å²) in [7, 11) is 0. The van der Waals surface area contributed by atoms with Crippen LogP contribution in [0.2, 0.25) is 0 Å². The molecular formula is C22H25N3O4. The van der Waals surface area contributed by atoms with E-state index >= 15 is 0 Å². The Morgan fingerprint density at radius 2 is 2.03 bits per heavy atom. The molecule has 7 nitrogen and oxygen atoms in total. The van der Waals surface area contributed by atoms with Crippen LogP contribution in [0, 0.1) is 0 Å². The minimum atomic E-state index is -0.402. The van der Waals surface area contributed by atoms with Gasteiger partial charge in [-0.1, -0.05) is 19.9 Å². The molecule has 0 saturated carbocycles. The summed E-state index contributed by atoms with van der Waals surface area (Å²) in [6.07, 6.45) is 5.63. The average molecular weight is 395 g/mol. The number of hydrogen-bond acceptors (Lipinski definition) is 5. The van der Waals surface area contributed by atoms with Crippen LogP contribution in [-0.4, -0.2) is 28.7 Å². The van der Waals surface area contributed by atoms with Gasteiger partial charge in [-0.2, -0.15) is 0 Å². The molecule has 1 aliphatic rings. The molecule has 29 heavy (non-hydrogen) atoms. The minimum absolute atomic E-state index is 0.0651. The van der Waals surface area contributed by atoms with E-state index in [1.54, 1.807) is 12.5 Å². The third-order valence-corrected chi connectivity index (χ3v) is 4.88. The second-order valence-corrected chi connectivity index (χ2v) is 7.30. The van der Waals surface area contributed by atoms with Crippen LogP contribution in [0.4, 0.5) is 0 Å². The number of amides is 1. The summed E-state index contributed by atoms with van der Waals surface area (Å²) in [4.78, 5) is 17.1. The highest BCUT2D eigenvalue weighted by molar-refractivity contribution is 5.76. The zero-order valence-electron chi connectivity index (χ0n) is 16.6. The molecule has 1 aliphatic heterocycles. The van der Waals surface area contributed by atoms with Crippen LogP contribution in [-0.2, 0) is 11.3 Å². The maximum atomic E-state index is 12.7. The summed E-state index contributed by atoms with van der Waals surface area (Å²) in [5.41, 5.74) is 0.878. The van der Waals surface area contributed by atoms with Crippen LogP contribution in [0.15, 0.2) is 53.4 Å². The molecule has 1 atom stereocenters. The quantitative estimate of drug-likeness (QED) is 0.660. The number of carbonyl (C=O) groups excluding carboxylic acids is 1. The highest BCUT2D eigenvalue weighted by Gasteiger charge is 2.22. The lowest BCUT2D eigenvalue weighted by molar-refractivity contribution is -0.121. The van der Waals surface area contributed by atoms with Gasteiger partial charge in [0.1, 0.15) is 30.8 Å². The molecule has 0 bridgehead atoms. The monoisotopic (exact) mass is 395 g/mol. The number of aryl methyl sites for hydroxylation is 1. The number of fused-ring (bicyclic) bond motifs is 1. The van der Waals surface area contributed by atoms with Crippen molar-refractivity contribution >= 4 is 5.91 Å². The van der Waals surface area contributed by atoms with Crippen LogP contribution in [0.3, 0.4) is 0 Å². The second kappa shape index (κ2) is 8.43. The van der Waals surface area contributed by atoms with Crippen LogP contribution in [0.5, 0.6) is 11.5 Å². The Hall–Kier alpha value is -3.22. The van der Waals surface area contributed by atoms with Crippen molar-refractivity contribution in [2.75, 3.05) is 13.2 Å². The van der Waals surface area contributed by atoms with E-state index in [-0.39, 0.29) is 5.91 Å². The number of imidazole rings is 1. The number of carbonyl (C=O) groups is 1. The third kappa shape index (κ3) is 4.29. The Kier molecular flexibility index (Phi) is 5.55. The van der Waals surface area contributed by atoms with Gasteiger partial charge >= 0.3 is 0 Å². The van der Waals surface area contributed by atoms with Gasteiger partial charge in [-0.05, 0) is 29.8 Å². The van der Waals surface area contributed by atoms with Gasteiger partial charge in [-0.25, -0.2) is 4.98 Å². The molecule has 2 aromatic heterocycles. The van der Waals surface area contributed by atoms with Crippen molar-refractivity contribution in [3.63, 3.8) is 0 Å². The highest BCUT2D eigenvalue weighted by atomic mass is 16.6. The lowest BCUT2D eigenvalue weighted by atomic mass is 10.0. The predicted molar refractivity (Wildman–Crippen MR) is 107 cm³/mol. The predicted octanol–water partition coefficient (Wildman–Crippen LogP) is 3.67. The Morgan fingerprint density at radius 1 is 1.21 bits per heavy atom. The summed E-state index contributed by atoms with van der Waals surface area (Å²) < 4.78 is 18.9. The van der Waals surface area contributed by atoms with E-state index in [4.69, 9.17) is 13.9 Å². The van der Waals surface area contributed by atoms with E-state index in [9.17, 15) is 4.79 Å². The normalized spacial score (nSPS) is 14.0. The molecule has 3 heterocycles. The molecule has 0 saturated heterocycles. The highest BCUT2D eigenvalue weighted by Crippen LogP contribution is 2.34. The van der Waals surface area contributed by atoms with Gasteiger partial charge < -0.3 is 23.8 Å². The number of nitrogens with one attached hydrogen (secondary N) is 1. The number of rotatable bonds is 7. The minimum Gasteiger partial charge on any atom is -0.486 e. The largest absolute Gasteiger partial charge is 0.486 e. The molecule has 0 spiro atoms. The average Bonchev–Trinajstić information content (AvgIpc) is 3.42. The summed E-state index contributed by atoms with van der Waals surface area (Å²) in [6.45, 7) is 5.81. The van der Waals surface area contributed by atoms with E-state index in [0.29, 0.717) is 49.4 Å². The lowest BCUT2D eigenvalue weighted by Gasteiger charge is -2.22. The molecule has 7 heteroatoms. The first kappa shape index (κ1) is 19.1. The number of nitrogens with zero attached hydrogens (tertiary/aromatic N) is 2. The molecular weight excluding hydrogens is 370 g/mol. The van der Waals surface area contributed by atoms with Gasteiger partial charge in [-0.3, -0.25) is 4.79 Å². The van der Waals surface area contributed by atoms with Crippen molar-refractivity contribution in [2.45, 2.75) is 38.8 Å². The van der Waals surface area contributed by atoms with Crippen molar-refractivity contribution in [3.8, 4) is 11.5 Å². The van der Waals surface area contributed by atoms with Crippen LogP contribution in [0.25, 0.3) is 0 Å². The summed E-state index contributed by atoms with van der Waals surface area (Å²) >= 11 is 0. The van der Waals surface area contributed by atoms with Gasteiger partial charge in [0.15, 0.2) is 11.5 Å². The number of benzene rings is 1. The fourth-order valence-corrected chi connectivity index (χ4v) is 3.48. The fourth-order valence-electron chi connectivity index (χ4n) is 3.48. The smallest absolute Gasteiger partial charge is 0.222 e. The molecule has 0 aliphatic carbocycles. The van der Waals surface area contributed by atoms with Gasteiger partial charge in [-0.15, -0.1) is 0 Å². The van der Waals surface area contributed by atoms with Crippen molar-refractivity contribution in [3.05, 3.63) is 66.1 Å². The Balaban J connectivity index is 1.49. The molecule has 1 aromatic carbocycles. The summed E-state index contributed by atoms with van der Waals surface area (Å²) in [5, 5.41) is 3.09. The molecule has 3 aromatic rings. The molecule has 152 valence electrons. The number of hydrogen-bond donors (Lipinski definition) is 1. The van der Waals surface area contributed by atoms with Crippen LogP contribution >= 0.6 is 0 Å². The van der Waals surface area contributed by atoms with E-state index < -0.39 is 6.04 Å². The summed E-state index contributed by atoms with van der Waals surface area (Å²) in [5.74, 6) is 3.28. The van der Waals surface area contributed by atoms with Crippen molar-refractivity contribution in [2.24, 2.45) is 0 Å². The fraction of sp³-hybridized carbons (Fsp3) is 0.364. The zero-order valence-corrected chi connectivity index (χ0v) is 16.6. The summed E-state index contributed by atoms with van der Waals surface area (Å²) in [6, 6.07) is 8.96. The van der Waals surface area contributed by atoms with Crippen LogP contribution in [0.1, 0.15) is 49.4 Å². The number of aromatic nitrogens is 2. The molecule has 1 N–H and O–H groups in total. The lowest BCUT2D eigenvalue weighted by Crippen LogP contribution is -2.30. The first-order valence-corrected chi connectivity index (χ1v) is 9.85. The van der Waals surface area contributed by atoms with E-state index in [1.165, 1.54) is 0 Å². The topological polar surface area (TPSA) is 78.5 Å². The Labute approximate surface area is 169 Å². The SMILES string of the molecule is CC(C)c1nccn1CCC(=O)NC(c1ccc2c(c1)OCCO2)c1ccco1. The van der Waals surface area contributed by atoms with E-state index in [0.717, 1.165) is 11.4 Å². The van der Waals surface area contributed by atoms with Gasteiger partial charge in [0, 0.05) is 31.3 Å². The first-order chi connectivity index (χ1) is 14.1. The molecule has 1 amide bonds. The maximum absolute atomic E-state index is 12.7. The third-order valence-electron chi connectivity index (χ3n) is 4.88. The zero-order chi connectivity index (χ0) is 20.2. The van der Waals surface area contributed by atoms with Gasteiger partial charge in [0.2, 0.25) is 5.91 Å². The number of furan rings is 1. The molecule has 4 rings (SSSR count). The molecule has 0 radical (unpaired) electrons. The Bertz CT molecular complexity index is 962. The first-order valence-electron chi connectivity index (χ1n) is 9.85. The van der Waals surface area contributed by atoms with Crippen molar-refractivity contribution in [1.82, 2.24) is 14.9 Å².